The van der Waals surface area contributed by atoms with Gasteiger partial charge >= 0.3 is 6.09 Å². The normalized spacial score (nSPS) is 10.6. The molecule has 0 aliphatic heterocycles. The van der Waals surface area contributed by atoms with Crippen LogP contribution >= 0.6 is 0 Å². The number of ether oxygens (including phenoxy) is 2. The summed E-state index contributed by atoms with van der Waals surface area (Å²) in [5.74, 6) is 3.27. The smallest absolute Gasteiger partial charge is 0.407 e. The number of benzene rings is 2. The fraction of sp³-hybridized carbons (Fsp3) is 0.286. The summed E-state index contributed by atoms with van der Waals surface area (Å²) in [6, 6.07) is 15.4. The molecule has 2 rings (SSSR count). The highest BCUT2D eigenvalue weighted by Crippen LogP contribution is 2.21. The topological polar surface area (TPSA) is 47.6 Å². The van der Waals surface area contributed by atoms with Crippen molar-refractivity contribution in [1.29, 1.82) is 0 Å². The minimum atomic E-state index is -0.525. The first-order valence-electron chi connectivity index (χ1n) is 8.10. The fourth-order valence-electron chi connectivity index (χ4n) is 2.15. The molecule has 4 heteroatoms. The SMILES string of the molecule is C#Cc1cc(CNC(=O)OC(C)(C)C)ccc1OCc1ccccc1. The molecule has 1 amide bonds. The highest BCUT2D eigenvalue weighted by Gasteiger charge is 2.15. The van der Waals surface area contributed by atoms with E-state index >= 15 is 0 Å². The lowest BCUT2D eigenvalue weighted by Gasteiger charge is -2.19. The van der Waals surface area contributed by atoms with Crippen molar-refractivity contribution in [2.75, 3.05) is 0 Å². The summed E-state index contributed by atoms with van der Waals surface area (Å²) in [4.78, 5) is 11.7. The van der Waals surface area contributed by atoms with Crippen molar-refractivity contribution in [3.05, 3.63) is 65.2 Å². The Kier molecular flexibility index (Phi) is 6.08. The molecule has 2 aromatic rings. The van der Waals surface area contributed by atoms with E-state index in [2.05, 4.69) is 11.2 Å². The number of nitrogens with one attached hydrogen (secondary N) is 1. The average molecular weight is 337 g/mol. The lowest BCUT2D eigenvalue weighted by Crippen LogP contribution is -2.32. The zero-order valence-electron chi connectivity index (χ0n) is 14.8. The first kappa shape index (κ1) is 18.4. The van der Waals surface area contributed by atoms with E-state index in [1.54, 1.807) is 0 Å². The monoisotopic (exact) mass is 337 g/mol. The maximum absolute atomic E-state index is 11.7. The van der Waals surface area contributed by atoms with E-state index in [1.165, 1.54) is 0 Å². The largest absolute Gasteiger partial charge is 0.488 e. The first-order valence-corrected chi connectivity index (χ1v) is 8.10. The molecule has 0 bridgehead atoms. The van der Waals surface area contributed by atoms with E-state index in [0.29, 0.717) is 24.5 Å². The Labute approximate surface area is 149 Å². The van der Waals surface area contributed by atoms with Crippen LogP contribution in [-0.2, 0) is 17.9 Å². The number of carbonyl (C=O) groups excluding carboxylic acids is 1. The van der Waals surface area contributed by atoms with Crippen LogP contribution in [-0.4, -0.2) is 11.7 Å². The third-order valence-electron chi connectivity index (χ3n) is 3.27. The van der Waals surface area contributed by atoms with Crippen molar-refractivity contribution in [2.45, 2.75) is 39.5 Å². The predicted molar refractivity (Wildman–Crippen MR) is 98.2 cm³/mol. The molecule has 0 saturated heterocycles. The van der Waals surface area contributed by atoms with Crippen LogP contribution in [0.25, 0.3) is 0 Å². The molecule has 130 valence electrons. The molecule has 0 atom stereocenters. The summed E-state index contributed by atoms with van der Waals surface area (Å²) < 4.78 is 11.0. The van der Waals surface area contributed by atoms with Crippen LogP contribution in [0.15, 0.2) is 48.5 Å². The number of terminal acetylenes is 1. The Balaban J connectivity index is 1.97. The number of alkyl carbamates (subject to hydrolysis) is 1. The van der Waals surface area contributed by atoms with Gasteiger partial charge in [0.15, 0.2) is 0 Å². The summed E-state index contributed by atoms with van der Waals surface area (Å²) in [5, 5.41) is 2.71. The Morgan fingerprint density at radius 3 is 2.48 bits per heavy atom. The lowest BCUT2D eigenvalue weighted by molar-refractivity contribution is 0.0523. The van der Waals surface area contributed by atoms with E-state index in [4.69, 9.17) is 15.9 Å². The maximum Gasteiger partial charge on any atom is 0.407 e. The van der Waals surface area contributed by atoms with E-state index in [9.17, 15) is 4.79 Å². The number of hydrogen-bond acceptors (Lipinski definition) is 3. The van der Waals surface area contributed by atoms with Gasteiger partial charge in [-0.2, -0.15) is 0 Å². The Morgan fingerprint density at radius 2 is 1.84 bits per heavy atom. The van der Waals surface area contributed by atoms with Gasteiger partial charge in [0.1, 0.15) is 18.0 Å². The minimum absolute atomic E-state index is 0.336. The van der Waals surface area contributed by atoms with E-state index < -0.39 is 11.7 Å². The average Bonchev–Trinajstić information content (AvgIpc) is 2.58. The molecule has 0 unspecified atom stereocenters. The van der Waals surface area contributed by atoms with Gasteiger partial charge in [-0.1, -0.05) is 42.3 Å². The van der Waals surface area contributed by atoms with Gasteiger partial charge in [0.2, 0.25) is 0 Å². The van der Waals surface area contributed by atoms with Gasteiger partial charge in [-0.3, -0.25) is 0 Å². The van der Waals surface area contributed by atoms with Gasteiger partial charge in [-0.25, -0.2) is 4.79 Å². The fourth-order valence-corrected chi connectivity index (χ4v) is 2.15. The van der Waals surface area contributed by atoms with E-state index in [1.807, 2.05) is 69.3 Å². The Hall–Kier alpha value is -2.93. The van der Waals surface area contributed by atoms with Crippen molar-refractivity contribution in [1.82, 2.24) is 5.32 Å². The molecule has 0 spiro atoms. The van der Waals surface area contributed by atoms with Gasteiger partial charge < -0.3 is 14.8 Å². The van der Waals surface area contributed by atoms with Gasteiger partial charge in [0, 0.05) is 6.54 Å². The highest BCUT2D eigenvalue weighted by molar-refractivity contribution is 5.67. The van der Waals surface area contributed by atoms with Crippen LogP contribution < -0.4 is 10.1 Å². The summed E-state index contributed by atoms with van der Waals surface area (Å²) >= 11 is 0. The number of amides is 1. The molecular weight excluding hydrogens is 314 g/mol. The zero-order chi connectivity index (χ0) is 18.3. The molecule has 0 aliphatic carbocycles. The van der Waals surface area contributed by atoms with Crippen LogP contribution in [0.4, 0.5) is 4.79 Å². The molecule has 0 aliphatic rings. The van der Waals surface area contributed by atoms with E-state index in [0.717, 1.165) is 11.1 Å². The number of carbonyl (C=O) groups is 1. The van der Waals surface area contributed by atoms with Gasteiger partial charge in [-0.05, 0) is 44.0 Å². The van der Waals surface area contributed by atoms with Crippen molar-refractivity contribution in [3.63, 3.8) is 0 Å². The second kappa shape index (κ2) is 8.25. The summed E-state index contributed by atoms with van der Waals surface area (Å²) in [5.41, 5.74) is 2.08. The van der Waals surface area contributed by atoms with Crippen LogP contribution in [0, 0.1) is 12.3 Å². The highest BCUT2D eigenvalue weighted by atomic mass is 16.6. The Morgan fingerprint density at radius 1 is 1.12 bits per heavy atom. The number of rotatable bonds is 5. The van der Waals surface area contributed by atoms with Crippen molar-refractivity contribution < 1.29 is 14.3 Å². The molecule has 1 N–H and O–H groups in total. The molecule has 4 nitrogen and oxygen atoms in total. The molecule has 0 saturated carbocycles. The molecule has 0 aromatic heterocycles. The molecule has 0 fully saturated rings. The van der Waals surface area contributed by atoms with Crippen LogP contribution in [0.1, 0.15) is 37.5 Å². The summed E-state index contributed by atoms with van der Waals surface area (Å²) in [7, 11) is 0. The van der Waals surface area contributed by atoms with Gasteiger partial charge in [-0.15, -0.1) is 6.42 Å². The minimum Gasteiger partial charge on any atom is -0.488 e. The maximum atomic E-state index is 11.7. The third kappa shape index (κ3) is 6.23. The van der Waals surface area contributed by atoms with Gasteiger partial charge in [0.05, 0.1) is 5.56 Å². The van der Waals surface area contributed by atoms with Crippen LogP contribution in [0.5, 0.6) is 5.75 Å². The number of hydrogen-bond donors (Lipinski definition) is 1. The molecule has 0 heterocycles. The van der Waals surface area contributed by atoms with Gasteiger partial charge in [0.25, 0.3) is 0 Å². The molecule has 0 radical (unpaired) electrons. The van der Waals surface area contributed by atoms with Crippen molar-refractivity contribution >= 4 is 6.09 Å². The van der Waals surface area contributed by atoms with Crippen LogP contribution in [0.2, 0.25) is 0 Å². The molecular formula is C21H23NO3. The summed E-state index contributed by atoms with van der Waals surface area (Å²) in [6.45, 7) is 6.25. The van der Waals surface area contributed by atoms with Crippen molar-refractivity contribution in [3.8, 4) is 18.1 Å². The van der Waals surface area contributed by atoms with Crippen molar-refractivity contribution in [2.24, 2.45) is 0 Å². The van der Waals surface area contributed by atoms with E-state index in [-0.39, 0.29) is 0 Å². The standard InChI is InChI=1S/C21H23NO3/c1-5-18-13-17(14-22-20(23)25-21(2,3)4)11-12-19(18)24-15-16-9-7-6-8-10-16/h1,6-13H,14-15H2,2-4H3,(H,22,23). The second-order valence-corrected chi connectivity index (χ2v) is 6.60. The quantitative estimate of drug-likeness (QED) is 0.829. The third-order valence-corrected chi connectivity index (χ3v) is 3.27. The van der Waals surface area contributed by atoms with Crippen LogP contribution in [0.3, 0.4) is 0 Å². The zero-order valence-corrected chi connectivity index (χ0v) is 14.8. The predicted octanol–water partition coefficient (Wildman–Crippen LogP) is 4.27. The molecule has 2 aromatic carbocycles. The Bertz CT molecular complexity index is 755. The first-order chi connectivity index (χ1) is 11.9. The molecule has 25 heavy (non-hydrogen) atoms. The second-order valence-electron chi connectivity index (χ2n) is 6.60. The summed E-state index contributed by atoms with van der Waals surface area (Å²) in [6.07, 6.45) is 5.13. The lowest BCUT2D eigenvalue weighted by atomic mass is 10.1.